The van der Waals surface area contributed by atoms with Crippen LogP contribution in [-0.4, -0.2) is 23.9 Å². The lowest BCUT2D eigenvalue weighted by Crippen LogP contribution is -2.31. The van der Waals surface area contributed by atoms with Gasteiger partial charge in [0.1, 0.15) is 5.75 Å². The van der Waals surface area contributed by atoms with Crippen LogP contribution in [0.2, 0.25) is 0 Å². The van der Waals surface area contributed by atoms with Crippen molar-refractivity contribution >= 4 is 28.7 Å². The number of anilines is 1. The number of ketones is 1. The number of aliphatic hydroxyl groups excluding tert-OH is 1. The summed E-state index contributed by atoms with van der Waals surface area (Å²) in [5.41, 5.74) is 2.27. The minimum Gasteiger partial charge on any atom is -0.503 e. The van der Waals surface area contributed by atoms with Gasteiger partial charge < -0.3 is 9.84 Å². The summed E-state index contributed by atoms with van der Waals surface area (Å²) in [6.45, 7) is 1.89. The number of aryl methyl sites for hydroxylation is 1. The van der Waals surface area contributed by atoms with Crippen molar-refractivity contribution in [2.75, 3.05) is 12.0 Å². The van der Waals surface area contributed by atoms with Crippen molar-refractivity contribution in [3.8, 4) is 5.75 Å². The number of ether oxygens (including phenoxy) is 1. The van der Waals surface area contributed by atoms with E-state index in [0.29, 0.717) is 21.9 Å². The molecule has 4 rings (SSSR count). The highest BCUT2D eigenvalue weighted by Gasteiger charge is 2.45. The van der Waals surface area contributed by atoms with E-state index in [4.69, 9.17) is 4.74 Å². The molecule has 1 atom stereocenters. The van der Waals surface area contributed by atoms with E-state index in [1.54, 1.807) is 42.8 Å². The fraction of sp³-hybridized carbons (Fsp3) is 0.130. The van der Waals surface area contributed by atoms with Gasteiger partial charge in [-0.3, -0.25) is 14.5 Å². The molecule has 0 radical (unpaired) electrons. The molecule has 1 amide bonds. The number of hydrogen-bond acceptors (Lipinski definition) is 5. The first-order valence-electron chi connectivity index (χ1n) is 9.07. The number of aliphatic hydroxyl groups is 1. The van der Waals surface area contributed by atoms with Crippen LogP contribution in [0.3, 0.4) is 0 Å². The third-order valence-corrected chi connectivity index (χ3v) is 5.85. The highest BCUT2D eigenvalue weighted by atomic mass is 32.1. The summed E-state index contributed by atoms with van der Waals surface area (Å²) in [6, 6.07) is 17.3. The highest BCUT2D eigenvalue weighted by molar-refractivity contribution is 7.12. The van der Waals surface area contributed by atoms with Gasteiger partial charge in [-0.15, -0.1) is 11.3 Å². The third kappa shape index (κ3) is 3.21. The van der Waals surface area contributed by atoms with E-state index in [0.717, 1.165) is 5.56 Å². The maximum Gasteiger partial charge on any atom is 0.294 e. The number of carbonyl (C=O) groups excluding carboxylic acids is 2. The SMILES string of the molecule is COc1cccc(C2C(C(=O)c3cccs3)=C(O)C(=O)N2c2ccccc2C)c1. The zero-order valence-corrected chi connectivity index (χ0v) is 16.8. The fourth-order valence-electron chi connectivity index (χ4n) is 3.59. The van der Waals surface area contributed by atoms with E-state index >= 15 is 0 Å². The summed E-state index contributed by atoms with van der Waals surface area (Å²) >= 11 is 1.28. The van der Waals surface area contributed by atoms with Crippen LogP contribution in [0.5, 0.6) is 5.75 Å². The molecule has 5 nitrogen and oxygen atoms in total. The number of amides is 1. The second kappa shape index (κ2) is 7.56. The standard InChI is InChI=1S/C23H19NO4S/c1-14-7-3-4-10-17(14)24-20(15-8-5-9-16(13-15)28-2)19(22(26)23(24)27)21(25)18-11-6-12-29-18/h3-13,20,26H,1-2H3. The topological polar surface area (TPSA) is 66.8 Å². The van der Waals surface area contributed by atoms with Crippen molar-refractivity contribution in [2.45, 2.75) is 13.0 Å². The molecule has 1 aliphatic heterocycles. The Morgan fingerprint density at radius 2 is 1.90 bits per heavy atom. The number of benzene rings is 2. The molecule has 0 spiro atoms. The molecule has 1 aliphatic rings. The van der Waals surface area contributed by atoms with Gasteiger partial charge in [0.2, 0.25) is 5.78 Å². The molecule has 0 saturated carbocycles. The maximum atomic E-state index is 13.2. The average molecular weight is 405 g/mol. The molecule has 0 bridgehead atoms. The second-order valence-electron chi connectivity index (χ2n) is 6.71. The molecule has 0 aliphatic carbocycles. The van der Waals surface area contributed by atoms with Crippen LogP contribution in [0.15, 0.2) is 77.4 Å². The van der Waals surface area contributed by atoms with Gasteiger partial charge in [0.15, 0.2) is 5.76 Å². The molecule has 1 N–H and O–H groups in total. The number of nitrogens with zero attached hydrogens (tertiary/aromatic N) is 1. The summed E-state index contributed by atoms with van der Waals surface area (Å²) in [6.07, 6.45) is 0. The molecule has 0 fully saturated rings. The Morgan fingerprint density at radius 1 is 1.10 bits per heavy atom. The number of carbonyl (C=O) groups is 2. The number of methoxy groups -OCH3 is 1. The van der Waals surface area contributed by atoms with Crippen molar-refractivity contribution < 1.29 is 19.4 Å². The Bertz CT molecular complexity index is 1120. The first kappa shape index (κ1) is 19.0. The molecule has 6 heteroatoms. The van der Waals surface area contributed by atoms with Crippen LogP contribution in [-0.2, 0) is 4.79 Å². The average Bonchev–Trinajstić information content (AvgIpc) is 3.36. The Balaban J connectivity index is 1.92. The molecule has 3 aromatic rings. The van der Waals surface area contributed by atoms with Crippen LogP contribution in [0.25, 0.3) is 0 Å². The molecule has 2 heterocycles. The number of Topliss-reactive ketones (excluding diaryl/α,β-unsaturated/α-hetero) is 1. The van der Waals surface area contributed by atoms with Crippen molar-refractivity contribution in [3.05, 3.63) is 93.4 Å². The van der Waals surface area contributed by atoms with Crippen LogP contribution in [0.4, 0.5) is 5.69 Å². The molecule has 29 heavy (non-hydrogen) atoms. The number of rotatable bonds is 5. The lowest BCUT2D eigenvalue weighted by Gasteiger charge is -2.28. The normalized spacial score (nSPS) is 16.4. The van der Waals surface area contributed by atoms with Crippen molar-refractivity contribution in [1.29, 1.82) is 0 Å². The fourth-order valence-corrected chi connectivity index (χ4v) is 4.26. The second-order valence-corrected chi connectivity index (χ2v) is 7.66. The highest BCUT2D eigenvalue weighted by Crippen LogP contribution is 2.43. The minimum atomic E-state index is -0.756. The predicted molar refractivity (Wildman–Crippen MR) is 113 cm³/mol. The number of hydrogen-bond donors (Lipinski definition) is 1. The van der Waals surface area contributed by atoms with Gasteiger partial charge in [0, 0.05) is 5.69 Å². The van der Waals surface area contributed by atoms with Gasteiger partial charge in [0.25, 0.3) is 5.91 Å². The van der Waals surface area contributed by atoms with Crippen LogP contribution >= 0.6 is 11.3 Å². The Morgan fingerprint density at radius 3 is 2.59 bits per heavy atom. The third-order valence-electron chi connectivity index (χ3n) is 4.98. The zero-order valence-electron chi connectivity index (χ0n) is 16.0. The lowest BCUT2D eigenvalue weighted by atomic mass is 9.94. The molecular formula is C23H19NO4S. The van der Waals surface area contributed by atoms with E-state index in [1.165, 1.54) is 16.2 Å². The smallest absolute Gasteiger partial charge is 0.294 e. The Hall–Kier alpha value is -3.38. The summed E-state index contributed by atoms with van der Waals surface area (Å²) in [4.78, 5) is 28.3. The van der Waals surface area contributed by atoms with Gasteiger partial charge in [0.05, 0.1) is 23.6 Å². The first-order chi connectivity index (χ1) is 14.0. The van der Waals surface area contributed by atoms with Gasteiger partial charge in [-0.2, -0.15) is 0 Å². The summed E-state index contributed by atoms with van der Waals surface area (Å²) < 4.78 is 5.34. The van der Waals surface area contributed by atoms with Crippen LogP contribution in [0, 0.1) is 6.92 Å². The summed E-state index contributed by atoms with van der Waals surface area (Å²) in [5.74, 6) is -0.852. The van der Waals surface area contributed by atoms with Crippen molar-refractivity contribution in [1.82, 2.24) is 0 Å². The van der Waals surface area contributed by atoms with Crippen LogP contribution in [0.1, 0.15) is 26.8 Å². The van der Waals surface area contributed by atoms with Gasteiger partial charge in [-0.25, -0.2) is 0 Å². The zero-order chi connectivity index (χ0) is 20.5. The lowest BCUT2D eigenvalue weighted by molar-refractivity contribution is -0.117. The molecule has 1 aromatic heterocycles. The van der Waals surface area contributed by atoms with Gasteiger partial charge in [-0.05, 0) is 47.7 Å². The summed E-state index contributed by atoms with van der Waals surface area (Å²) in [5, 5.41) is 12.5. The van der Waals surface area contributed by atoms with E-state index in [9.17, 15) is 14.7 Å². The maximum absolute atomic E-state index is 13.2. The van der Waals surface area contributed by atoms with E-state index in [1.807, 2.05) is 37.3 Å². The minimum absolute atomic E-state index is 0.0777. The molecule has 146 valence electrons. The molecule has 1 unspecified atom stereocenters. The van der Waals surface area contributed by atoms with Gasteiger partial charge >= 0.3 is 0 Å². The quantitative estimate of drug-likeness (QED) is 0.617. The number of para-hydroxylation sites is 1. The first-order valence-corrected chi connectivity index (χ1v) is 9.95. The Kier molecular flexibility index (Phi) is 4.94. The van der Waals surface area contributed by atoms with Crippen molar-refractivity contribution in [3.63, 3.8) is 0 Å². The molecule has 2 aromatic carbocycles. The van der Waals surface area contributed by atoms with E-state index < -0.39 is 17.7 Å². The number of thiophene rings is 1. The van der Waals surface area contributed by atoms with Gasteiger partial charge in [-0.1, -0.05) is 36.4 Å². The van der Waals surface area contributed by atoms with E-state index in [2.05, 4.69) is 0 Å². The predicted octanol–water partition coefficient (Wildman–Crippen LogP) is 4.85. The molecule has 0 saturated heterocycles. The van der Waals surface area contributed by atoms with Crippen molar-refractivity contribution in [2.24, 2.45) is 0 Å². The molecular weight excluding hydrogens is 386 g/mol. The monoisotopic (exact) mass is 405 g/mol. The Labute approximate surface area is 172 Å². The van der Waals surface area contributed by atoms with Crippen LogP contribution < -0.4 is 9.64 Å². The van der Waals surface area contributed by atoms with E-state index in [-0.39, 0.29) is 11.4 Å². The largest absolute Gasteiger partial charge is 0.503 e. The summed E-state index contributed by atoms with van der Waals surface area (Å²) in [7, 11) is 1.56.